The summed E-state index contributed by atoms with van der Waals surface area (Å²) in [7, 11) is 0. The summed E-state index contributed by atoms with van der Waals surface area (Å²) in [6.45, 7) is 1.72. The molecule has 1 rings (SSSR count). The van der Waals surface area contributed by atoms with Gasteiger partial charge in [-0.2, -0.15) is 12.6 Å². The Balaban J connectivity index is 1.93. The van der Waals surface area contributed by atoms with Crippen molar-refractivity contribution in [3.63, 3.8) is 0 Å². The Labute approximate surface area is 48.6 Å². The van der Waals surface area contributed by atoms with Gasteiger partial charge in [0.25, 0.3) is 0 Å². The highest BCUT2D eigenvalue weighted by atomic mass is 32.1. The molecule has 0 aliphatic carbocycles. The molecular formula is C4H9NOS. The van der Waals surface area contributed by atoms with Crippen molar-refractivity contribution in [2.45, 2.75) is 6.04 Å². The molecule has 0 aromatic heterocycles. The van der Waals surface area contributed by atoms with Crippen molar-refractivity contribution in [3.05, 3.63) is 0 Å². The van der Waals surface area contributed by atoms with Gasteiger partial charge in [-0.15, -0.1) is 0 Å². The van der Waals surface area contributed by atoms with Crippen LogP contribution in [-0.4, -0.2) is 25.1 Å². The summed E-state index contributed by atoms with van der Waals surface area (Å²) in [6.07, 6.45) is 0. The van der Waals surface area contributed by atoms with E-state index in [-0.39, 0.29) is 0 Å². The maximum absolute atomic E-state index is 4.89. The monoisotopic (exact) mass is 119 g/mol. The fourth-order valence-corrected chi connectivity index (χ4v) is 0.741. The number of rotatable bonds is 2. The first kappa shape index (κ1) is 5.41. The molecule has 1 aliphatic rings. The Hall–Kier alpha value is 0.270. The third kappa shape index (κ3) is 1.33. The van der Waals surface area contributed by atoms with Crippen LogP contribution >= 0.6 is 12.6 Å². The van der Waals surface area contributed by atoms with Crippen molar-refractivity contribution in [1.29, 1.82) is 0 Å². The van der Waals surface area contributed by atoms with Gasteiger partial charge in [-0.1, -0.05) is 0 Å². The van der Waals surface area contributed by atoms with Crippen molar-refractivity contribution in [2.75, 3.05) is 19.1 Å². The van der Waals surface area contributed by atoms with E-state index in [0.717, 1.165) is 19.1 Å². The van der Waals surface area contributed by atoms with E-state index in [0.29, 0.717) is 6.04 Å². The Morgan fingerprint density at radius 1 is 1.71 bits per heavy atom. The molecule has 0 bridgehead atoms. The van der Waals surface area contributed by atoms with Gasteiger partial charge in [0.15, 0.2) is 0 Å². The summed E-state index contributed by atoms with van der Waals surface area (Å²) < 4.78 is 4.89. The molecule has 0 saturated carbocycles. The lowest BCUT2D eigenvalue weighted by Gasteiger charge is -2.25. The molecule has 0 unspecified atom stereocenters. The minimum Gasteiger partial charge on any atom is -0.378 e. The SMILES string of the molecule is SCNC1COC1. The van der Waals surface area contributed by atoms with Crippen LogP contribution in [0.15, 0.2) is 0 Å². The number of ether oxygens (including phenoxy) is 1. The highest BCUT2D eigenvalue weighted by molar-refractivity contribution is 7.80. The molecule has 2 nitrogen and oxygen atoms in total. The Morgan fingerprint density at radius 2 is 2.43 bits per heavy atom. The zero-order valence-corrected chi connectivity index (χ0v) is 4.95. The zero-order valence-electron chi connectivity index (χ0n) is 4.05. The average molecular weight is 119 g/mol. The predicted octanol–water partition coefficient (Wildman–Crippen LogP) is -0.138. The lowest BCUT2D eigenvalue weighted by Crippen LogP contribution is -2.45. The highest BCUT2D eigenvalue weighted by Crippen LogP contribution is 1.98. The van der Waals surface area contributed by atoms with Crippen LogP contribution in [0.5, 0.6) is 0 Å². The molecule has 3 heteroatoms. The van der Waals surface area contributed by atoms with Gasteiger partial charge in [0.2, 0.25) is 0 Å². The molecule has 0 amide bonds. The van der Waals surface area contributed by atoms with Gasteiger partial charge in [0, 0.05) is 5.88 Å². The van der Waals surface area contributed by atoms with E-state index in [1.807, 2.05) is 0 Å². The molecule has 42 valence electrons. The smallest absolute Gasteiger partial charge is 0.0643 e. The molecular weight excluding hydrogens is 110 g/mol. The molecule has 1 heterocycles. The lowest BCUT2D eigenvalue weighted by atomic mass is 10.3. The third-order valence-corrected chi connectivity index (χ3v) is 1.20. The average Bonchev–Trinajstić information content (AvgIpc) is 1.55. The maximum atomic E-state index is 4.89. The van der Waals surface area contributed by atoms with E-state index in [2.05, 4.69) is 17.9 Å². The molecule has 0 radical (unpaired) electrons. The van der Waals surface area contributed by atoms with Crippen LogP contribution < -0.4 is 5.32 Å². The van der Waals surface area contributed by atoms with Crippen molar-refractivity contribution < 1.29 is 4.74 Å². The van der Waals surface area contributed by atoms with Crippen LogP contribution in [0.1, 0.15) is 0 Å². The van der Waals surface area contributed by atoms with Gasteiger partial charge in [-0.25, -0.2) is 0 Å². The molecule has 1 N–H and O–H groups in total. The van der Waals surface area contributed by atoms with Crippen LogP contribution in [-0.2, 0) is 4.74 Å². The molecule has 0 spiro atoms. The van der Waals surface area contributed by atoms with Crippen molar-refractivity contribution in [1.82, 2.24) is 5.32 Å². The van der Waals surface area contributed by atoms with Crippen molar-refractivity contribution in [2.24, 2.45) is 0 Å². The largest absolute Gasteiger partial charge is 0.378 e. The van der Waals surface area contributed by atoms with Crippen LogP contribution in [0.4, 0.5) is 0 Å². The molecule has 7 heavy (non-hydrogen) atoms. The normalized spacial score (nSPS) is 21.9. The van der Waals surface area contributed by atoms with E-state index >= 15 is 0 Å². The Morgan fingerprint density at radius 3 is 2.57 bits per heavy atom. The van der Waals surface area contributed by atoms with E-state index in [9.17, 15) is 0 Å². The summed E-state index contributed by atoms with van der Waals surface area (Å²) in [5, 5.41) is 3.12. The fourth-order valence-electron chi connectivity index (χ4n) is 0.483. The van der Waals surface area contributed by atoms with Gasteiger partial charge in [-0.05, 0) is 0 Å². The summed E-state index contributed by atoms with van der Waals surface area (Å²) in [6, 6.07) is 0.581. The van der Waals surface area contributed by atoms with E-state index in [1.54, 1.807) is 0 Å². The molecule has 0 aromatic carbocycles. The van der Waals surface area contributed by atoms with Gasteiger partial charge in [0.05, 0.1) is 19.3 Å². The van der Waals surface area contributed by atoms with Crippen LogP contribution in [0.25, 0.3) is 0 Å². The predicted molar refractivity (Wildman–Crippen MR) is 31.6 cm³/mol. The van der Waals surface area contributed by atoms with Crippen LogP contribution in [0.2, 0.25) is 0 Å². The maximum Gasteiger partial charge on any atom is 0.0643 e. The number of hydrogen-bond acceptors (Lipinski definition) is 3. The topological polar surface area (TPSA) is 21.3 Å². The van der Waals surface area contributed by atoms with Gasteiger partial charge in [0.1, 0.15) is 0 Å². The summed E-state index contributed by atoms with van der Waals surface area (Å²) >= 11 is 3.98. The van der Waals surface area contributed by atoms with Crippen molar-refractivity contribution in [3.8, 4) is 0 Å². The first-order chi connectivity index (χ1) is 3.43. The van der Waals surface area contributed by atoms with Crippen molar-refractivity contribution >= 4 is 12.6 Å². The first-order valence-electron chi connectivity index (χ1n) is 2.35. The number of hydrogen-bond donors (Lipinski definition) is 2. The standard InChI is InChI=1S/C4H9NOS/c7-3-5-4-1-6-2-4/h4-5,7H,1-3H2. The molecule has 0 atom stereocenters. The Kier molecular flexibility index (Phi) is 1.97. The second-order valence-corrected chi connectivity index (χ2v) is 1.91. The van der Waals surface area contributed by atoms with E-state index < -0.39 is 0 Å². The van der Waals surface area contributed by atoms with E-state index in [1.165, 1.54) is 0 Å². The minimum atomic E-state index is 0.581. The summed E-state index contributed by atoms with van der Waals surface area (Å²) in [5.41, 5.74) is 0. The van der Waals surface area contributed by atoms with Crippen LogP contribution in [0.3, 0.4) is 0 Å². The second kappa shape index (κ2) is 2.55. The second-order valence-electron chi connectivity index (χ2n) is 1.60. The lowest BCUT2D eigenvalue weighted by molar-refractivity contribution is -0.00241. The first-order valence-corrected chi connectivity index (χ1v) is 2.98. The quantitative estimate of drug-likeness (QED) is 0.390. The summed E-state index contributed by atoms with van der Waals surface area (Å²) in [4.78, 5) is 0. The minimum absolute atomic E-state index is 0.581. The van der Waals surface area contributed by atoms with Gasteiger partial charge in [-0.3, -0.25) is 0 Å². The van der Waals surface area contributed by atoms with Gasteiger partial charge >= 0.3 is 0 Å². The summed E-state index contributed by atoms with van der Waals surface area (Å²) in [5.74, 6) is 0.758. The van der Waals surface area contributed by atoms with E-state index in [4.69, 9.17) is 4.74 Å². The Bertz CT molecular complexity index is 55.7. The highest BCUT2D eigenvalue weighted by Gasteiger charge is 2.15. The van der Waals surface area contributed by atoms with Crippen LogP contribution in [0, 0.1) is 0 Å². The number of nitrogens with one attached hydrogen (secondary N) is 1. The number of thiol groups is 1. The third-order valence-electron chi connectivity index (χ3n) is 1.02. The molecule has 1 fully saturated rings. The fraction of sp³-hybridized carbons (Fsp3) is 1.00. The van der Waals surface area contributed by atoms with Gasteiger partial charge < -0.3 is 10.1 Å². The molecule has 1 saturated heterocycles. The molecule has 1 aliphatic heterocycles. The molecule has 0 aromatic rings. The zero-order chi connectivity index (χ0) is 5.11.